The third-order valence-electron chi connectivity index (χ3n) is 7.29. The van der Waals surface area contributed by atoms with Crippen LogP contribution in [0.3, 0.4) is 0 Å². The lowest BCUT2D eigenvalue weighted by Gasteiger charge is -2.47. The molecule has 2 aliphatic rings. The number of hydrogen-bond donors (Lipinski definition) is 2. The average Bonchev–Trinajstić information content (AvgIpc) is 2.82. The molecule has 0 spiro atoms. The molecule has 0 unspecified atom stereocenters. The molecule has 1 saturated heterocycles. The predicted octanol–water partition coefficient (Wildman–Crippen LogP) is 2.70. The molecule has 2 atom stereocenters. The van der Waals surface area contributed by atoms with Gasteiger partial charge in [0.05, 0.1) is 12.1 Å². The summed E-state index contributed by atoms with van der Waals surface area (Å²) in [7, 11) is 0. The van der Waals surface area contributed by atoms with Crippen LogP contribution in [0.4, 0.5) is 0 Å². The summed E-state index contributed by atoms with van der Waals surface area (Å²) in [5.41, 5.74) is 1.02. The number of aryl methyl sites for hydroxylation is 2. The molecule has 0 radical (unpaired) electrons. The van der Waals surface area contributed by atoms with E-state index in [4.69, 9.17) is 9.15 Å². The van der Waals surface area contributed by atoms with Crippen LogP contribution in [0.15, 0.2) is 27.4 Å². The Labute approximate surface area is 199 Å². The lowest BCUT2D eigenvalue weighted by Crippen LogP contribution is -2.56. The van der Waals surface area contributed by atoms with Gasteiger partial charge in [-0.3, -0.25) is 9.59 Å². The number of carbonyl (C=O) groups is 2. The first-order valence-electron chi connectivity index (χ1n) is 12.3. The summed E-state index contributed by atoms with van der Waals surface area (Å²) in [4.78, 5) is 38.7. The van der Waals surface area contributed by atoms with Crippen molar-refractivity contribution in [1.29, 1.82) is 0 Å². The Morgan fingerprint density at radius 3 is 2.91 bits per heavy atom. The zero-order valence-corrected chi connectivity index (χ0v) is 20.0. The van der Waals surface area contributed by atoms with E-state index in [9.17, 15) is 19.5 Å². The van der Waals surface area contributed by atoms with Gasteiger partial charge in [0.25, 0.3) is 5.91 Å². The summed E-state index contributed by atoms with van der Waals surface area (Å²) in [6.07, 6.45) is 6.15. The van der Waals surface area contributed by atoms with Gasteiger partial charge in [-0.1, -0.05) is 26.2 Å². The average molecular weight is 471 g/mol. The van der Waals surface area contributed by atoms with Gasteiger partial charge in [-0.25, -0.2) is 4.79 Å². The molecule has 2 fully saturated rings. The third kappa shape index (κ3) is 5.12. The molecule has 2 N–H and O–H groups in total. The highest BCUT2D eigenvalue weighted by Crippen LogP contribution is 2.39. The van der Waals surface area contributed by atoms with Gasteiger partial charge < -0.3 is 24.5 Å². The number of benzene rings is 1. The molecule has 1 aliphatic heterocycles. The highest BCUT2D eigenvalue weighted by molar-refractivity contribution is 5.86. The molecule has 1 aromatic heterocycles. The highest BCUT2D eigenvalue weighted by atomic mass is 16.5. The summed E-state index contributed by atoms with van der Waals surface area (Å²) < 4.78 is 11.1. The number of likely N-dealkylation sites (tertiary alicyclic amines) is 1. The van der Waals surface area contributed by atoms with Crippen molar-refractivity contribution in [3.63, 3.8) is 0 Å². The van der Waals surface area contributed by atoms with Crippen LogP contribution in [0.2, 0.25) is 0 Å². The summed E-state index contributed by atoms with van der Waals surface area (Å²) in [6, 6.07) is 5.14. The number of hydrogen-bond acceptors (Lipinski definition) is 6. The molecule has 0 bridgehead atoms. The Morgan fingerprint density at radius 1 is 1.29 bits per heavy atom. The second-order valence-corrected chi connectivity index (χ2v) is 9.61. The summed E-state index contributed by atoms with van der Waals surface area (Å²) >= 11 is 0. The molecule has 1 saturated carbocycles. The quantitative estimate of drug-likeness (QED) is 0.603. The Balaban J connectivity index is 1.31. The van der Waals surface area contributed by atoms with E-state index < -0.39 is 17.1 Å². The van der Waals surface area contributed by atoms with Crippen LogP contribution in [-0.2, 0) is 16.0 Å². The minimum Gasteiger partial charge on any atom is -0.483 e. The zero-order chi connectivity index (χ0) is 24.3. The van der Waals surface area contributed by atoms with E-state index >= 15 is 0 Å². The SMILES string of the molecule is CCCc1cc(=O)oc2c(C)c(OCC(=O)NCC(=O)N3CC[C@]4(O)CCCC[C@@H]4C3)ccc12. The molecule has 184 valence electrons. The number of ether oxygens (including phenoxy) is 1. The van der Waals surface area contributed by atoms with Gasteiger partial charge in [0.15, 0.2) is 6.61 Å². The topological polar surface area (TPSA) is 109 Å². The van der Waals surface area contributed by atoms with Gasteiger partial charge in [0.1, 0.15) is 11.3 Å². The van der Waals surface area contributed by atoms with E-state index in [0.717, 1.165) is 49.5 Å². The van der Waals surface area contributed by atoms with Gasteiger partial charge in [-0.2, -0.15) is 0 Å². The Morgan fingerprint density at radius 2 is 2.12 bits per heavy atom. The van der Waals surface area contributed by atoms with Crippen LogP contribution in [0.1, 0.15) is 56.6 Å². The van der Waals surface area contributed by atoms with Crippen molar-refractivity contribution in [2.45, 2.75) is 64.4 Å². The molecule has 8 nitrogen and oxygen atoms in total. The Bertz CT molecular complexity index is 1130. The van der Waals surface area contributed by atoms with Crippen molar-refractivity contribution >= 4 is 22.8 Å². The van der Waals surface area contributed by atoms with Crippen molar-refractivity contribution < 1.29 is 23.8 Å². The van der Waals surface area contributed by atoms with Crippen molar-refractivity contribution in [1.82, 2.24) is 10.2 Å². The lowest BCUT2D eigenvalue weighted by molar-refractivity contribution is -0.143. The van der Waals surface area contributed by atoms with Crippen molar-refractivity contribution in [2.24, 2.45) is 5.92 Å². The van der Waals surface area contributed by atoms with Crippen LogP contribution in [0, 0.1) is 12.8 Å². The molecule has 8 heteroatoms. The van der Waals surface area contributed by atoms with Gasteiger partial charge >= 0.3 is 5.63 Å². The molecule has 1 aliphatic carbocycles. The molecule has 1 aromatic carbocycles. The van der Waals surface area contributed by atoms with Crippen LogP contribution < -0.4 is 15.7 Å². The van der Waals surface area contributed by atoms with E-state index in [1.54, 1.807) is 17.9 Å². The maximum atomic E-state index is 12.6. The highest BCUT2D eigenvalue weighted by Gasteiger charge is 2.43. The molecule has 2 aromatic rings. The summed E-state index contributed by atoms with van der Waals surface area (Å²) in [6.45, 7) is 4.55. The molecule has 2 heterocycles. The van der Waals surface area contributed by atoms with Gasteiger partial charge in [-0.05, 0) is 50.3 Å². The second kappa shape index (κ2) is 10.2. The monoisotopic (exact) mass is 470 g/mol. The van der Waals surface area contributed by atoms with Crippen molar-refractivity contribution in [3.8, 4) is 5.75 Å². The van der Waals surface area contributed by atoms with E-state index in [2.05, 4.69) is 12.2 Å². The first kappa shape index (κ1) is 24.3. The van der Waals surface area contributed by atoms with Crippen LogP contribution in [0.25, 0.3) is 11.0 Å². The Hall–Kier alpha value is -2.87. The van der Waals surface area contributed by atoms with Gasteiger partial charge in [-0.15, -0.1) is 0 Å². The van der Waals surface area contributed by atoms with Gasteiger partial charge in [0, 0.05) is 36.0 Å². The number of piperidine rings is 1. The third-order valence-corrected chi connectivity index (χ3v) is 7.29. The van der Waals surface area contributed by atoms with E-state index in [1.165, 1.54) is 6.07 Å². The van der Waals surface area contributed by atoms with Gasteiger partial charge in [0.2, 0.25) is 5.91 Å². The number of fused-ring (bicyclic) bond motifs is 2. The number of nitrogens with one attached hydrogen (secondary N) is 1. The fourth-order valence-electron chi connectivity index (χ4n) is 5.32. The molecular formula is C26H34N2O6. The molecule has 34 heavy (non-hydrogen) atoms. The van der Waals surface area contributed by atoms with E-state index in [1.807, 2.05) is 6.07 Å². The minimum absolute atomic E-state index is 0.0979. The smallest absolute Gasteiger partial charge is 0.336 e. The zero-order valence-electron chi connectivity index (χ0n) is 20.0. The lowest BCUT2D eigenvalue weighted by atomic mass is 9.71. The number of aliphatic hydroxyl groups is 1. The van der Waals surface area contributed by atoms with Crippen molar-refractivity contribution in [2.75, 3.05) is 26.2 Å². The standard InChI is InChI=1S/C26H34N2O6/c1-3-6-18-13-24(31)34-25-17(2)21(9-8-20(18)25)33-16-22(29)27-14-23(30)28-12-11-26(32)10-5-4-7-19(26)15-28/h8-9,13,19,32H,3-7,10-12,14-16H2,1-2H3,(H,27,29)/t19-,26-/m1/s1. The molecule has 4 rings (SSSR count). The first-order chi connectivity index (χ1) is 16.3. The first-order valence-corrected chi connectivity index (χ1v) is 12.3. The van der Waals surface area contributed by atoms with Crippen molar-refractivity contribution in [3.05, 3.63) is 39.7 Å². The maximum absolute atomic E-state index is 12.6. The number of nitrogens with zero attached hydrogens (tertiary/aromatic N) is 1. The number of amides is 2. The number of carbonyl (C=O) groups excluding carboxylic acids is 2. The fourth-order valence-corrected chi connectivity index (χ4v) is 5.32. The van der Waals surface area contributed by atoms with Crippen LogP contribution in [0.5, 0.6) is 5.75 Å². The second-order valence-electron chi connectivity index (χ2n) is 9.61. The largest absolute Gasteiger partial charge is 0.483 e. The van der Waals surface area contributed by atoms with E-state index in [0.29, 0.717) is 36.4 Å². The van der Waals surface area contributed by atoms with Crippen LogP contribution in [-0.4, -0.2) is 53.7 Å². The normalized spacial score (nSPS) is 22.3. The predicted molar refractivity (Wildman–Crippen MR) is 128 cm³/mol. The minimum atomic E-state index is -0.639. The molecular weight excluding hydrogens is 436 g/mol. The summed E-state index contributed by atoms with van der Waals surface area (Å²) in [5, 5.41) is 14.3. The maximum Gasteiger partial charge on any atom is 0.336 e. The summed E-state index contributed by atoms with van der Waals surface area (Å²) in [5.74, 6) is 0.0263. The fraction of sp³-hybridized carbons (Fsp3) is 0.577. The van der Waals surface area contributed by atoms with Crippen LogP contribution >= 0.6 is 0 Å². The Kier molecular flexibility index (Phi) is 7.26. The molecule has 2 amide bonds. The number of rotatable bonds is 7. The van der Waals surface area contributed by atoms with E-state index in [-0.39, 0.29) is 25.0 Å².